The third kappa shape index (κ3) is 2.72. The van der Waals surface area contributed by atoms with Gasteiger partial charge in [0, 0.05) is 11.8 Å². The molecule has 9 nitrogen and oxygen atoms in total. The van der Waals surface area contributed by atoms with Crippen LogP contribution in [0.1, 0.15) is 0 Å². The van der Waals surface area contributed by atoms with Gasteiger partial charge < -0.3 is 5.73 Å². The van der Waals surface area contributed by atoms with E-state index in [-0.39, 0.29) is 4.90 Å². The normalized spacial score (nSPS) is 11.1. The number of hydrogen-bond donors (Lipinski definition) is 1. The quantitative estimate of drug-likeness (QED) is 0.513. The lowest BCUT2D eigenvalue weighted by Gasteiger charge is -2.06. The summed E-state index contributed by atoms with van der Waals surface area (Å²) in [5.41, 5.74) is 4.37. The fraction of sp³-hybridized carbons (Fsp3) is 0. The number of benzene rings is 2. The van der Waals surface area contributed by atoms with Crippen LogP contribution in [0.25, 0.3) is 0 Å². The highest BCUT2D eigenvalue weighted by Crippen LogP contribution is 2.32. The van der Waals surface area contributed by atoms with Crippen LogP contribution in [0.15, 0.2) is 52.3 Å². The van der Waals surface area contributed by atoms with E-state index in [0.29, 0.717) is 11.8 Å². The van der Waals surface area contributed by atoms with Gasteiger partial charge in [-0.05, 0) is 30.3 Å². The van der Waals surface area contributed by atoms with E-state index in [4.69, 9.17) is 5.73 Å². The number of rotatable bonds is 4. The molecule has 2 rings (SSSR count). The summed E-state index contributed by atoms with van der Waals surface area (Å²) in [6.45, 7) is 0. The van der Waals surface area contributed by atoms with Gasteiger partial charge >= 0.3 is 0 Å². The van der Waals surface area contributed by atoms with Crippen molar-refractivity contribution in [2.45, 2.75) is 9.79 Å². The van der Waals surface area contributed by atoms with Crippen molar-refractivity contribution in [1.82, 2.24) is 0 Å². The highest BCUT2D eigenvalue weighted by atomic mass is 32.2. The molecule has 22 heavy (non-hydrogen) atoms. The molecule has 2 N–H and O–H groups in total. The minimum Gasteiger partial charge on any atom is -0.399 e. The molecule has 0 aliphatic heterocycles. The predicted molar refractivity (Wildman–Crippen MR) is 76.1 cm³/mol. The van der Waals surface area contributed by atoms with Gasteiger partial charge in [-0.1, -0.05) is 0 Å². The number of non-ortho nitro benzene ring substituents is 1. The first kappa shape index (κ1) is 15.4. The van der Waals surface area contributed by atoms with Gasteiger partial charge in [0.15, 0.2) is 0 Å². The minimum atomic E-state index is -4.19. The second-order valence-corrected chi connectivity index (χ2v) is 6.16. The molecule has 0 aliphatic rings. The fourth-order valence-corrected chi connectivity index (χ4v) is 3.17. The van der Waals surface area contributed by atoms with Gasteiger partial charge in [0.2, 0.25) is 9.84 Å². The standard InChI is InChI=1S/C12H9N3O6S/c13-8-1-4-10(5-2-8)22(20,21)12-6-3-9(14(16)17)7-11(12)15(18)19/h1-7H,13H2. The Labute approximate surface area is 124 Å². The number of nitro benzene ring substituents is 2. The third-order valence-electron chi connectivity index (χ3n) is 2.83. The Hall–Kier alpha value is -3.01. The topological polar surface area (TPSA) is 146 Å². The Morgan fingerprint density at radius 3 is 2.00 bits per heavy atom. The van der Waals surface area contributed by atoms with Gasteiger partial charge in [-0.2, -0.15) is 0 Å². The molecule has 0 unspecified atom stereocenters. The van der Waals surface area contributed by atoms with Gasteiger partial charge in [0.05, 0.1) is 20.8 Å². The van der Waals surface area contributed by atoms with E-state index in [2.05, 4.69) is 0 Å². The smallest absolute Gasteiger partial charge is 0.295 e. The molecule has 0 heterocycles. The summed E-state index contributed by atoms with van der Waals surface area (Å²) in [5, 5.41) is 21.7. The highest BCUT2D eigenvalue weighted by Gasteiger charge is 2.29. The second-order valence-electron chi connectivity index (χ2n) is 4.24. The number of nitrogens with zero attached hydrogens (tertiary/aromatic N) is 2. The molecule has 0 aliphatic carbocycles. The molecule has 0 radical (unpaired) electrons. The van der Waals surface area contributed by atoms with E-state index in [9.17, 15) is 28.6 Å². The van der Waals surface area contributed by atoms with Crippen LogP contribution in [0.2, 0.25) is 0 Å². The van der Waals surface area contributed by atoms with Crippen LogP contribution in [0.3, 0.4) is 0 Å². The highest BCUT2D eigenvalue weighted by molar-refractivity contribution is 7.91. The van der Waals surface area contributed by atoms with Crippen molar-refractivity contribution >= 4 is 26.9 Å². The number of sulfone groups is 1. The molecule has 0 bridgehead atoms. The van der Waals surface area contributed by atoms with Crippen LogP contribution >= 0.6 is 0 Å². The van der Waals surface area contributed by atoms with E-state index in [1.807, 2.05) is 0 Å². The first-order valence-electron chi connectivity index (χ1n) is 5.77. The summed E-state index contributed by atoms with van der Waals surface area (Å²) in [6.07, 6.45) is 0. The molecular weight excluding hydrogens is 314 g/mol. The molecule has 0 spiro atoms. The largest absolute Gasteiger partial charge is 0.399 e. The number of nitrogen functional groups attached to an aromatic ring is 1. The van der Waals surface area contributed by atoms with E-state index in [0.717, 1.165) is 12.1 Å². The number of anilines is 1. The SMILES string of the molecule is Nc1ccc(S(=O)(=O)c2ccc([N+](=O)[O-])cc2[N+](=O)[O-])cc1. The summed E-state index contributed by atoms with van der Waals surface area (Å²) >= 11 is 0. The van der Waals surface area contributed by atoms with Crippen molar-refractivity contribution in [3.63, 3.8) is 0 Å². The van der Waals surface area contributed by atoms with Crippen molar-refractivity contribution in [3.8, 4) is 0 Å². The van der Waals surface area contributed by atoms with E-state index in [1.54, 1.807) is 0 Å². The summed E-state index contributed by atoms with van der Waals surface area (Å²) in [6, 6.07) is 7.45. The van der Waals surface area contributed by atoms with Crippen LogP contribution in [0, 0.1) is 20.2 Å². The molecule has 0 saturated carbocycles. The third-order valence-corrected chi connectivity index (χ3v) is 4.65. The zero-order valence-electron chi connectivity index (χ0n) is 10.9. The molecule has 0 amide bonds. The number of nitrogens with two attached hydrogens (primary N) is 1. The van der Waals surface area contributed by atoms with Gasteiger partial charge in [0.1, 0.15) is 4.90 Å². The summed E-state index contributed by atoms with van der Waals surface area (Å²) in [5.74, 6) is 0. The fourth-order valence-electron chi connectivity index (χ4n) is 1.76. The Morgan fingerprint density at radius 1 is 0.909 bits per heavy atom. The lowest BCUT2D eigenvalue weighted by molar-refractivity contribution is -0.396. The molecule has 0 saturated heterocycles. The van der Waals surface area contributed by atoms with Gasteiger partial charge in [-0.15, -0.1) is 0 Å². The molecule has 0 aromatic heterocycles. The Kier molecular flexibility index (Phi) is 3.78. The van der Waals surface area contributed by atoms with Crippen LogP contribution < -0.4 is 5.73 Å². The Bertz CT molecular complexity index is 861. The van der Waals surface area contributed by atoms with Crippen molar-refractivity contribution in [2.24, 2.45) is 0 Å². The number of nitro groups is 2. The van der Waals surface area contributed by atoms with Crippen LogP contribution in [0.5, 0.6) is 0 Å². The molecule has 0 fully saturated rings. The summed E-state index contributed by atoms with van der Waals surface area (Å²) in [4.78, 5) is 19.1. The zero-order chi connectivity index (χ0) is 16.5. The lowest BCUT2D eigenvalue weighted by atomic mass is 10.3. The monoisotopic (exact) mass is 323 g/mol. The average molecular weight is 323 g/mol. The lowest BCUT2D eigenvalue weighted by Crippen LogP contribution is -2.06. The van der Waals surface area contributed by atoms with Crippen molar-refractivity contribution in [3.05, 3.63) is 62.7 Å². The van der Waals surface area contributed by atoms with E-state index >= 15 is 0 Å². The van der Waals surface area contributed by atoms with E-state index in [1.165, 1.54) is 24.3 Å². The van der Waals surface area contributed by atoms with Crippen LogP contribution in [-0.2, 0) is 9.84 Å². The van der Waals surface area contributed by atoms with Gasteiger partial charge in [-0.25, -0.2) is 8.42 Å². The summed E-state index contributed by atoms with van der Waals surface area (Å²) < 4.78 is 24.9. The van der Waals surface area contributed by atoms with Gasteiger partial charge in [0.25, 0.3) is 11.4 Å². The zero-order valence-corrected chi connectivity index (χ0v) is 11.7. The molecule has 2 aromatic carbocycles. The van der Waals surface area contributed by atoms with Crippen molar-refractivity contribution < 1.29 is 18.3 Å². The molecule has 114 valence electrons. The van der Waals surface area contributed by atoms with Crippen molar-refractivity contribution in [1.29, 1.82) is 0 Å². The van der Waals surface area contributed by atoms with Crippen LogP contribution in [-0.4, -0.2) is 18.3 Å². The second kappa shape index (κ2) is 5.41. The number of hydrogen-bond acceptors (Lipinski definition) is 7. The van der Waals surface area contributed by atoms with Gasteiger partial charge in [-0.3, -0.25) is 20.2 Å². The van der Waals surface area contributed by atoms with Crippen molar-refractivity contribution in [2.75, 3.05) is 5.73 Å². The maximum absolute atomic E-state index is 12.4. The minimum absolute atomic E-state index is 0.196. The van der Waals surface area contributed by atoms with Crippen LogP contribution in [0.4, 0.5) is 17.1 Å². The maximum atomic E-state index is 12.4. The predicted octanol–water partition coefficient (Wildman–Crippen LogP) is 1.92. The Balaban J connectivity index is 2.67. The molecule has 2 aromatic rings. The first-order chi connectivity index (χ1) is 10.2. The molecular formula is C12H9N3O6S. The summed E-state index contributed by atoms with van der Waals surface area (Å²) in [7, 11) is -4.19. The first-order valence-corrected chi connectivity index (χ1v) is 7.25. The molecule has 0 atom stereocenters. The van der Waals surface area contributed by atoms with E-state index < -0.39 is 36.0 Å². The average Bonchev–Trinajstić information content (AvgIpc) is 2.46. The maximum Gasteiger partial charge on any atom is 0.295 e. The molecule has 10 heteroatoms. The Morgan fingerprint density at radius 2 is 1.50 bits per heavy atom.